The highest BCUT2D eigenvalue weighted by Gasteiger charge is 2.30. The second-order valence-corrected chi connectivity index (χ2v) is 3.57. The second kappa shape index (κ2) is 2.87. The maximum absolute atomic E-state index is 10.8. The molecule has 0 spiro atoms. The molecule has 2 N–H and O–H groups in total. The molecule has 70 valence electrons. The lowest BCUT2D eigenvalue weighted by molar-refractivity contribution is -0.138. The summed E-state index contributed by atoms with van der Waals surface area (Å²) in [5, 5.41) is 15.6. The van der Waals surface area contributed by atoms with Crippen LogP contribution in [-0.4, -0.2) is 21.3 Å². The van der Waals surface area contributed by atoms with Gasteiger partial charge in [-0.05, 0) is 19.8 Å². The number of nitrogens with one attached hydrogen (secondary N) is 1. The summed E-state index contributed by atoms with van der Waals surface area (Å²) in [5.41, 5.74) is 1.87. The van der Waals surface area contributed by atoms with Gasteiger partial charge in [-0.2, -0.15) is 5.10 Å². The Morgan fingerprint density at radius 2 is 2.46 bits per heavy atom. The summed E-state index contributed by atoms with van der Waals surface area (Å²) in [6, 6.07) is 0. The lowest BCUT2D eigenvalue weighted by Gasteiger charge is -2.05. The molecule has 0 aliphatic heterocycles. The van der Waals surface area contributed by atoms with Crippen LogP contribution >= 0.6 is 0 Å². The van der Waals surface area contributed by atoms with E-state index in [1.807, 2.05) is 0 Å². The molecule has 4 heteroatoms. The van der Waals surface area contributed by atoms with Crippen molar-refractivity contribution < 1.29 is 9.90 Å². The molecule has 1 aliphatic rings. The highest BCUT2D eigenvalue weighted by molar-refractivity contribution is 5.75. The molecule has 1 unspecified atom stereocenters. The number of carboxylic acid groups (broad SMARTS) is 1. The molecule has 13 heavy (non-hydrogen) atoms. The summed E-state index contributed by atoms with van der Waals surface area (Å²) < 4.78 is 0. The van der Waals surface area contributed by atoms with E-state index in [4.69, 9.17) is 5.11 Å². The second-order valence-electron chi connectivity index (χ2n) is 3.57. The van der Waals surface area contributed by atoms with Crippen LogP contribution in [0.15, 0.2) is 6.20 Å². The van der Waals surface area contributed by atoms with Gasteiger partial charge in [-0.3, -0.25) is 9.89 Å². The molecular weight excluding hydrogens is 168 g/mol. The molecule has 0 bridgehead atoms. The minimum atomic E-state index is -0.789. The molecule has 1 aromatic heterocycles. The Kier molecular flexibility index (Phi) is 1.83. The van der Waals surface area contributed by atoms with E-state index in [2.05, 4.69) is 10.2 Å². The number of aromatic amines is 1. The van der Waals surface area contributed by atoms with E-state index in [-0.39, 0.29) is 0 Å². The van der Waals surface area contributed by atoms with Gasteiger partial charge in [0, 0.05) is 17.2 Å². The number of aromatic nitrogens is 2. The topological polar surface area (TPSA) is 66.0 Å². The van der Waals surface area contributed by atoms with Gasteiger partial charge in [0.25, 0.3) is 0 Å². The zero-order valence-electron chi connectivity index (χ0n) is 7.45. The van der Waals surface area contributed by atoms with Crippen LogP contribution in [0.3, 0.4) is 0 Å². The molecule has 4 nitrogen and oxygen atoms in total. The highest BCUT2D eigenvalue weighted by atomic mass is 16.4. The van der Waals surface area contributed by atoms with Gasteiger partial charge in [0.15, 0.2) is 0 Å². The Balaban J connectivity index is 2.27. The summed E-state index contributed by atoms with van der Waals surface area (Å²) in [4.78, 5) is 10.8. The molecule has 0 amide bonds. The van der Waals surface area contributed by atoms with E-state index in [1.54, 1.807) is 13.1 Å². The van der Waals surface area contributed by atoms with E-state index >= 15 is 0 Å². The Morgan fingerprint density at radius 1 is 1.77 bits per heavy atom. The normalized spacial score (nSPS) is 18.5. The first-order chi connectivity index (χ1) is 6.20. The molecule has 1 aromatic rings. The van der Waals surface area contributed by atoms with Crippen molar-refractivity contribution in [2.45, 2.75) is 31.6 Å². The summed E-state index contributed by atoms with van der Waals surface area (Å²) in [5.74, 6) is -0.711. The van der Waals surface area contributed by atoms with Crippen molar-refractivity contribution in [1.29, 1.82) is 0 Å². The molecule has 0 aromatic carbocycles. The first kappa shape index (κ1) is 8.29. The van der Waals surface area contributed by atoms with Crippen molar-refractivity contribution >= 4 is 5.97 Å². The standard InChI is InChI=1S/C9H12N2O2/c1-5(9(12)13)7-4-10-11-8(7)6-2-3-6/h4-6H,2-3H2,1H3,(H,10,11)(H,12,13). The maximum Gasteiger partial charge on any atom is 0.310 e. The van der Waals surface area contributed by atoms with Crippen LogP contribution < -0.4 is 0 Å². The molecule has 1 heterocycles. The van der Waals surface area contributed by atoms with E-state index in [0.717, 1.165) is 24.1 Å². The van der Waals surface area contributed by atoms with Crippen molar-refractivity contribution in [1.82, 2.24) is 10.2 Å². The van der Waals surface area contributed by atoms with Gasteiger partial charge in [-0.25, -0.2) is 0 Å². The van der Waals surface area contributed by atoms with Crippen molar-refractivity contribution in [2.24, 2.45) is 0 Å². The van der Waals surface area contributed by atoms with Crippen LogP contribution in [0, 0.1) is 0 Å². The monoisotopic (exact) mass is 180 g/mol. The Hall–Kier alpha value is -1.32. The fraction of sp³-hybridized carbons (Fsp3) is 0.556. The van der Waals surface area contributed by atoms with E-state index < -0.39 is 11.9 Å². The third-order valence-corrected chi connectivity index (χ3v) is 2.52. The smallest absolute Gasteiger partial charge is 0.310 e. The van der Waals surface area contributed by atoms with E-state index in [1.165, 1.54) is 0 Å². The molecule has 0 radical (unpaired) electrons. The van der Waals surface area contributed by atoms with Gasteiger partial charge in [0.05, 0.1) is 12.1 Å². The Labute approximate surface area is 76.0 Å². The van der Waals surface area contributed by atoms with Crippen LogP contribution in [-0.2, 0) is 4.79 Å². The highest BCUT2D eigenvalue weighted by Crippen LogP contribution is 2.41. The number of hydrogen-bond donors (Lipinski definition) is 2. The van der Waals surface area contributed by atoms with Crippen LogP contribution in [0.1, 0.15) is 42.9 Å². The van der Waals surface area contributed by atoms with Crippen LogP contribution in [0.5, 0.6) is 0 Å². The molecular formula is C9H12N2O2. The van der Waals surface area contributed by atoms with Crippen molar-refractivity contribution in [3.63, 3.8) is 0 Å². The summed E-state index contributed by atoms with van der Waals surface area (Å²) in [7, 11) is 0. The number of carbonyl (C=O) groups is 1. The molecule has 1 saturated carbocycles. The first-order valence-corrected chi connectivity index (χ1v) is 4.46. The Bertz CT molecular complexity index is 328. The molecule has 1 atom stereocenters. The quantitative estimate of drug-likeness (QED) is 0.740. The average molecular weight is 180 g/mol. The van der Waals surface area contributed by atoms with Gasteiger partial charge < -0.3 is 5.11 Å². The van der Waals surface area contributed by atoms with Crippen molar-refractivity contribution in [3.05, 3.63) is 17.5 Å². The van der Waals surface area contributed by atoms with Gasteiger partial charge in [0.2, 0.25) is 0 Å². The molecule has 0 saturated heterocycles. The van der Waals surface area contributed by atoms with Crippen molar-refractivity contribution in [3.8, 4) is 0 Å². The van der Waals surface area contributed by atoms with Gasteiger partial charge >= 0.3 is 5.97 Å². The minimum absolute atomic E-state index is 0.450. The van der Waals surface area contributed by atoms with E-state index in [0.29, 0.717) is 5.92 Å². The minimum Gasteiger partial charge on any atom is -0.481 e. The van der Waals surface area contributed by atoms with Crippen molar-refractivity contribution in [2.75, 3.05) is 0 Å². The molecule has 2 rings (SSSR count). The number of rotatable bonds is 3. The SMILES string of the molecule is CC(C(=O)O)c1cn[nH]c1C1CC1. The van der Waals surface area contributed by atoms with Crippen LogP contribution in [0.25, 0.3) is 0 Å². The number of aliphatic carboxylic acids is 1. The number of H-pyrrole nitrogens is 1. The predicted octanol–water partition coefficient (Wildman–Crippen LogP) is 1.48. The number of carboxylic acids is 1. The average Bonchev–Trinajstić information content (AvgIpc) is 2.83. The molecule has 1 fully saturated rings. The third-order valence-electron chi connectivity index (χ3n) is 2.52. The first-order valence-electron chi connectivity index (χ1n) is 4.46. The fourth-order valence-electron chi connectivity index (χ4n) is 1.48. The van der Waals surface area contributed by atoms with Crippen LogP contribution in [0.2, 0.25) is 0 Å². The zero-order valence-corrected chi connectivity index (χ0v) is 7.45. The van der Waals surface area contributed by atoms with Gasteiger partial charge in [0.1, 0.15) is 0 Å². The number of hydrogen-bond acceptors (Lipinski definition) is 2. The van der Waals surface area contributed by atoms with E-state index in [9.17, 15) is 4.79 Å². The molecule has 1 aliphatic carbocycles. The van der Waals surface area contributed by atoms with Gasteiger partial charge in [-0.1, -0.05) is 0 Å². The Morgan fingerprint density at radius 3 is 3.00 bits per heavy atom. The lowest BCUT2D eigenvalue weighted by Crippen LogP contribution is -2.08. The van der Waals surface area contributed by atoms with Crippen LogP contribution in [0.4, 0.5) is 0 Å². The summed E-state index contributed by atoms with van der Waals surface area (Å²) >= 11 is 0. The fourth-order valence-corrected chi connectivity index (χ4v) is 1.48. The maximum atomic E-state index is 10.8. The predicted molar refractivity (Wildman–Crippen MR) is 46.6 cm³/mol. The summed E-state index contributed by atoms with van der Waals surface area (Å²) in [6.45, 7) is 1.69. The lowest BCUT2D eigenvalue weighted by atomic mass is 10.0. The zero-order chi connectivity index (χ0) is 9.42. The van der Waals surface area contributed by atoms with Gasteiger partial charge in [-0.15, -0.1) is 0 Å². The largest absolute Gasteiger partial charge is 0.481 e. The number of nitrogens with zero attached hydrogens (tertiary/aromatic N) is 1. The summed E-state index contributed by atoms with van der Waals surface area (Å²) in [6.07, 6.45) is 3.94. The third kappa shape index (κ3) is 1.43.